The second kappa shape index (κ2) is 8.93. The van der Waals surface area contributed by atoms with Crippen molar-refractivity contribution in [2.45, 2.75) is 77.2 Å². The third-order valence-electron chi connectivity index (χ3n) is 9.44. The summed E-state index contributed by atoms with van der Waals surface area (Å²) in [4.78, 5) is 11.6. The number of rotatable bonds is 6. The summed E-state index contributed by atoms with van der Waals surface area (Å²) >= 11 is 0. The van der Waals surface area contributed by atoms with E-state index < -0.39 is 17.6 Å². The molecule has 1 spiro atoms. The monoisotopic (exact) mass is 516 g/mol. The number of carboxylic acid groups (broad SMARTS) is 1. The minimum absolute atomic E-state index is 0.0137. The molecule has 5 heteroatoms. The molecule has 0 saturated heterocycles. The number of hydrogen-bond donors (Lipinski definition) is 1. The van der Waals surface area contributed by atoms with Crippen LogP contribution >= 0.6 is 0 Å². The van der Waals surface area contributed by atoms with E-state index in [1.54, 1.807) is 12.1 Å². The zero-order valence-corrected chi connectivity index (χ0v) is 22.2. The molecule has 0 heterocycles. The lowest BCUT2D eigenvalue weighted by Crippen LogP contribution is -2.17. The second-order valence-corrected chi connectivity index (χ2v) is 12.3. The van der Waals surface area contributed by atoms with Crippen molar-refractivity contribution in [2.75, 3.05) is 0 Å². The zero-order valence-electron chi connectivity index (χ0n) is 22.2. The highest BCUT2D eigenvalue weighted by Crippen LogP contribution is 2.62. The van der Waals surface area contributed by atoms with Gasteiger partial charge in [-0.15, -0.1) is 0 Å². The van der Waals surface area contributed by atoms with Crippen LogP contribution in [0.2, 0.25) is 0 Å². The van der Waals surface area contributed by atoms with Gasteiger partial charge in [-0.2, -0.15) is 0 Å². The number of aliphatic carboxylic acids is 1. The topological polar surface area (TPSA) is 46.5 Å². The first-order valence-corrected chi connectivity index (χ1v) is 13.7. The van der Waals surface area contributed by atoms with Gasteiger partial charge >= 0.3 is 5.97 Å². The number of benzene rings is 3. The van der Waals surface area contributed by atoms with Gasteiger partial charge in [0.05, 0.1) is 5.92 Å². The van der Waals surface area contributed by atoms with Crippen LogP contribution in [-0.2, 0) is 23.2 Å². The van der Waals surface area contributed by atoms with Gasteiger partial charge < -0.3 is 9.84 Å². The Morgan fingerprint density at radius 1 is 1.05 bits per heavy atom. The van der Waals surface area contributed by atoms with Gasteiger partial charge in [-0.05, 0) is 103 Å². The van der Waals surface area contributed by atoms with Crippen LogP contribution in [0.4, 0.5) is 8.78 Å². The minimum atomic E-state index is -0.729. The van der Waals surface area contributed by atoms with Crippen LogP contribution in [0.25, 0.3) is 11.1 Å². The highest BCUT2D eigenvalue weighted by Gasteiger charge is 2.61. The van der Waals surface area contributed by atoms with E-state index in [1.807, 2.05) is 31.2 Å². The average molecular weight is 517 g/mol. The van der Waals surface area contributed by atoms with Gasteiger partial charge in [-0.25, -0.2) is 8.78 Å². The van der Waals surface area contributed by atoms with Crippen molar-refractivity contribution in [3.63, 3.8) is 0 Å². The third-order valence-corrected chi connectivity index (χ3v) is 9.44. The molecular formula is C33H34F2O3. The van der Waals surface area contributed by atoms with Crippen LogP contribution in [0.3, 0.4) is 0 Å². The molecule has 0 aromatic heterocycles. The maximum absolute atomic E-state index is 15.9. The fourth-order valence-corrected chi connectivity index (χ4v) is 7.25. The number of fused-ring (bicyclic) bond motifs is 2. The van der Waals surface area contributed by atoms with E-state index >= 15 is 4.39 Å². The first-order chi connectivity index (χ1) is 18.1. The Morgan fingerprint density at radius 2 is 1.87 bits per heavy atom. The predicted octanol–water partition coefficient (Wildman–Crippen LogP) is 8.10. The van der Waals surface area contributed by atoms with E-state index in [-0.39, 0.29) is 29.3 Å². The molecule has 0 aliphatic heterocycles. The van der Waals surface area contributed by atoms with Crippen molar-refractivity contribution >= 4 is 5.97 Å². The molecule has 3 nitrogen and oxygen atoms in total. The number of carboxylic acids is 1. The van der Waals surface area contributed by atoms with E-state index in [0.717, 1.165) is 48.8 Å². The Kier molecular flexibility index (Phi) is 5.89. The summed E-state index contributed by atoms with van der Waals surface area (Å²) in [7, 11) is 0. The molecule has 1 N–H and O–H groups in total. The van der Waals surface area contributed by atoms with Crippen molar-refractivity contribution < 1.29 is 23.4 Å². The van der Waals surface area contributed by atoms with E-state index in [4.69, 9.17) is 4.74 Å². The van der Waals surface area contributed by atoms with Crippen LogP contribution in [0, 0.1) is 29.9 Å². The largest absolute Gasteiger partial charge is 0.489 e. The Bertz CT molecular complexity index is 1440. The first-order valence-electron chi connectivity index (χ1n) is 13.7. The van der Waals surface area contributed by atoms with Crippen molar-refractivity contribution in [3.05, 3.63) is 88.0 Å². The van der Waals surface area contributed by atoms with Gasteiger partial charge in [0.2, 0.25) is 0 Å². The number of ether oxygens (including phenoxy) is 1. The van der Waals surface area contributed by atoms with Crippen LogP contribution < -0.4 is 4.74 Å². The molecule has 3 aliphatic rings. The second-order valence-electron chi connectivity index (χ2n) is 12.3. The molecule has 38 heavy (non-hydrogen) atoms. The summed E-state index contributed by atoms with van der Waals surface area (Å²) in [5.74, 6) is -1.11. The molecule has 0 amide bonds. The minimum Gasteiger partial charge on any atom is -0.489 e. The van der Waals surface area contributed by atoms with E-state index in [0.29, 0.717) is 28.9 Å². The van der Waals surface area contributed by atoms with Crippen LogP contribution in [-0.4, -0.2) is 11.1 Å². The lowest BCUT2D eigenvalue weighted by Gasteiger charge is -2.30. The molecule has 198 valence electrons. The lowest BCUT2D eigenvalue weighted by molar-refractivity contribution is -0.139. The normalized spacial score (nSPS) is 25.0. The van der Waals surface area contributed by atoms with Gasteiger partial charge in [0, 0.05) is 16.5 Å². The molecule has 3 aromatic rings. The summed E-state index contributed by atoms with van der Waals surface area (Å²) in [5, 5.41) is 9.55. The Morgan fingerprint density at radius 3 is 2.58 bits per heavy atom. The third kappa shape index (κ3) is 4.11. The van der Waals surface area contributed by atoms with Crippen molar-refractivity contribution in [3.8, 4) is 16.9 Å². The summed E-state index contributed by atoms with van der Waals surface area (Å²) in [6.45, 7) is 6.50. The average Bonchev–Trinajstić information content (AvgIpc) is 3.36. The summed E-state index contributed by atoms with van der Waals surface area (Å²) in [5.41, 5.74) is 5.15. The van der Waals surface area contributed by atoms with Crippen LogP contribution in [0.5, 0.6) is 5.75 Å². The molecule has 2 saturated carbocycles. The first kappa shape index (κ1) is 25.1. The van der Waals surface area contributed by atoms with Crippen LogP contribution in [0.1, 0.15) is 79.7 Å². The van der Waals surface area contributed by atoms with E-state index in [9.17, 15) is 14.3 Å². The quantitative estimate of drug-likeness (QED) is 0.360. The number of aryl methyl sites for hydroxylation is 2. The SMILES string of the molecule is Cc1ccc(F)c(-c2c(F)cc(COc3ccc4c(c3)[C@]3(CC4)C[C@H]3C(=O)O)cc2[C@@H]2CCCC2(C)C)c1. The van der Waals surface area contributed by atoms with Gasteiger partial charge in [0.25, 0.3) is 0 Å². The van der Waals surface area contributed by atoms with Crippen molar-refractivity contribution in [1.29, 1.82) is 0 Å². The zero-order chi connectivity index (χ0) is 26.8. The molecule has 3 aliphatic carbocycles. The molecule has 3 aromatic carbocycles. The molecule has 2 fully saturated rings. The lowest BCUT2D eigenvalue weighted by atomic mass is 9.75. The maximum atomic E-state index is 15.9. The smallest absolute Gasteiger partial charge is 0.307 e. The highest BCUT2D eigenvalue weighted by atomic mass is 19.1. The van der Waals surface area contributed by atoms with Gasteiger partial charge in [-0.1, -0.05) is 44.0 Å². The summed E-state index contributed by atoms with van der Waals surface area (Å²) < 4.78 is 37.0. The summed E-state index contributed by atoms with van der Waals surface area (Å²) in [6.07, 6.45) is 5.48. The predicted molar refractivity (Wildman–Crippen MR) is 143 cm³/mol. The Labute approximate surface area is 222 Å². The van der Waals surface area contributed by atoms with Gasteiger partial charge in [0.15, 0.2) is 0 Å². The maximum Gasteiger partial charge on any atom is 0.307 e. The molecule has 0 unspecified atom stereocenters. The van der Waals surface area contributed by atoms with Crippen molar-refractivity contribution in [1.82, 2.24) is 0 Å². The molecule has 3 atom stereocenters. The fraction of sp³-hybridized carbons (Fsp3) is 0.424. The number of halogens is 2. The van der Waals surface area contributed by atoms with E-state index in [2.05, 4.69) is 13.8 Å². The summed E-state index contributed by atoms with van der Waals surface area (Å²) in [6, 6.07) is 14.3. The Hall–Kier alpha value is -3.21. The number of hydrogen-bond acceptors (Lipinski definition) is 2. The molecule has 6 rings (SSSR count). The van der Waals surface area contributed by atoms with Crippen LogP contribution in [0.15, 0.2) is 48.5 Å². The van der Waals surface area contributed by atoms with Gasteiger partial charge in [0.1, 0.15) is 24.0 Å². The highest BCUT2D eigenvalue weighted by molar-refractivity contribution is 5.78. The molecule has 0 bridgehead atoms. The molecule has 0 radical (unpaired) electrons. The van der Waals surface area contributed by atoms with E-state index in [1.165, 1.54) is 17.7 Å². The molecular weight excluding hydrogens is 482 g/mol. The standard InChI is InChI=1S/C33H34F2O3/c1-19-6-9-28(34)24(13-19)30-23(25-5-4-11-32(25,2)3)14-20(15-29(30)35)18-38-22-8-7-21-10-12-33(26(21)16-22)17-27(33)31(36)37/h6-9,13-16,25,27H,4-5,10-12,17-18H2,1-3H3,(H,36,37)/t25-,27-,33-/m0/s1. The Balaban J connectivity index is 1.33. The van der Waals surface area contributed by atoms with Crippen molar-refractivity contribution in [2.24, 2.45) is 11.3 Å². The fourth-order valence-electron chi connectivity index (χ4n) is 7.25. The number of carbonyl (C=O) groups is 1. The van der Waals surface area contributed by atoms with Gasteiger partial charge in [-0.3, -0.25) is 4.79 Å².